The van der Waals surface area contributed by atoms with Gasteiger partial charge in [0.1, 0.15) is 5.82 Å². The van der Waals surface area contributed by atoms with Gasteiger partial charge in [-0.2, -0.15) is 9.61 Å². The summed E-state index contributed by atoms with van der Waals surface area (Å²) in [5.41, 5.74) is 5.97. The molecule has 0 amide bonds. The van der Waals surface area contributed by atoms with Crippen LogP contribution in [0.1, 0.15) is 30.8 Å². The minimum atomic E-state index is 0.881. The Bertz CT molecular complexity index is 896. The van der Waals surface area contributed by atoms with E-state index >= 15 is 0 Å². The highest BCUT2D eigenvalue weighted by Gasteiger charge is 2.20. The number of nitrogens with zero attached hydrogens (tertiary/aromatic N) is 5. The van der Waals surface area contributed by atoms with Crippen LogP contribution in [0.15, 0.2) is 18.3 Å². The van der Waals surface area contributed by atoms with Crippen molar-refractivity contribution < 1.29 is 0 Å². The maximum Gasteiger partial charge on any atom is 0.167 e. The molecule has 6 heteroatoms. The van der Waals surface area contributed by atoms with E-state index in [1.54, 1.807) is 0 Å². The highest BCUT2D eigenvalue weighted by Crippen LogP contribution is 2.31. The van der Waals surface area contributed by atoms with Gasteiger partial charge in [-0.25, -0.2) is 4.98 Å². The molecule has 24 heavy (non-hydrogen) atoms. The third-order valence-electron chi connectivity index (χ3n) is 4.24. The highest BCUT2D eigenvalue weighted by atomic mass is 127. The molecular formula is C18H22IN5. The topological polar surface area (TPSA) is 46.3 Å². The number of anilines is 1. The van der Waals surface area contributed by atoms with E-state index in [4.69, 9.17) is 10.1 Å². The normalized spacial score (nSPS) is 11.2. The van der Waals surface area contributed by atoms with Gasteiger partial charge in [0.15, 0.2) is 5.65 Å². The van der Waals surface area contributed by atoms with Crippen molar-refractivity contribution in [1.29, 1.82) is 0 Å². The summed E-state index contributed by atoms with van der Waals surface area (Å²) >= 11 is 2.29. The van der Waals surface area contributed by atoms with Crippen LogP contribution in [0.5, 0.6) is 0 Å². The zero-order valence-electron chi connectivity index (χ0n) is 14.8. The minimum Gasteiger partial charge on any atom is -0.357 e. The van der Waals surface area contributed by atoms with Crippen molar-refractivity contribution in [2.75, 3.05) is 18.0 Å². The zero-order valence-corrected chi connectivity index (χ0v) is 16.9. The number of aryl methyl sites for hydroxylation is 3. The van der Waals surface area contributed by atoms with Crippen molar-refractivity contribution in [2.45, 2.75) is 34.6 Å². The Morgan fingerprint density at radius 2 is 1.83 bits per heavy atom. The first kappa shape index (κ1) is 17.1. The van der Waals surface area contributed by atoms with Gasteiger partial charge in [-0.3, -0.25) is 4.98 Å². The first-order chi connectivity index (χ1) is 11.5. The maximum atomic E-state index is 4.78. The lowest BCUT2D eigenvalue weighted by molar-refractivity contribution is 0.792. The standard InChI is InChI=1S/C18H22IN5/c1-6-23(7-2)15-9-12(4)21-18-16(13(5)22-24(15)18)17-11(3)8-14(19)10-20-17/h8-10H,6-7H2,1-5H3. The summed E-state index contributed by atoms with van der Waals surface area (Å²) in [5.74, 6) is 1.08. The van der Waals surface area contributed by atoms with E-state index < -0.39 is 0 Å². The van der Waals surface area contributed by atoms with Crippen molar-refractivity contribution in [3.63, 3.8) is 0 Å². The molecular weight excluding hydrogens is 413 g/mol. The molecule has 0 aromatic carbocycles. The number of hydrogen-bond acceptors (Lipinski definition) is 4. The lowest BCUT2D eigenvalue weighted by atomic mass is 10.1. The molecule has 0 radical (unpaired) electrons. The third-order valence-corrected chi connectivity index (χ3v) is 4.83. The monoisotopic (exact) mass is 435 g/mol. The maximum absolute atomic E-state index is 4.78. The molecule has 0 N–H and O–H groups in total. The molecule has 3 aromatic rings. The van der Waals surface area contributed by atoms with Gasteiger partial charge in [0.2, 0.25) is 0 Å². The predicted octanol–water partition coefficient (Wildman–Crippen LogP) is 4.17. The number of aromatic nitrogens is 4. The number of fused-ring (bicyclic) bond motifs is 1. The Balaban J connectivity index is 2.32. The molecule has 3 rings (SSSR count). The summed E-state index contributed by atoms with van der Waals surface area (Å²) in [5, 5.41) is 4.78. The summed E-state index contributed by atoms with van der Waals surface area (Å²) in [7, 11) is 0. The molecule has 0 aliphatic carbocycles. The Morgan fingerprint density at radius 1 is 1.12 bits per heavy atom. The van der Waals surface area contributed by atoms with Crippen LogP contribution in [0.3, 0.4) is 0 Å². The van der Waals surface area contributed by atoms with Crippen molar-refractivity contribution in [2.24, 2.45) is 0 Å². The van der Waals surface area contributed by atoms with E-state index in [0.29, 0.717) is 0 Å². The Kier molecular flexibility index (Phi) is 4.76. The average molecular weight is 435 g/mol. The smallest absolute Gasteiger partial charge is 0.167 e. The molecule has 0 saturated heterocycles. The first-order valence-electron chi connectivity index (χ1n) is 8.20. The summed E-state index contributed by atoms with van der Waals surface area (Å²) < 4.78 is 3.10. The molecule has 0 unspecified atom stereocenters. The van der Waals surface area contributed by atoms with Crippen LogP contribution < -0.4 is 4.90 Å². The molecule has 5 nitrogen and oxygen atoms in total. The third kappa shape index (κ3) is 2.87. The van der Waals surface area contributed by atoms with Crippen LogP contribution in [0.2, 0.25) is 0 Å². The van der Waals surface area contributed by atoms with Crippen molar-refractivity contribution in [3.8, 4) is 11.3 Å². The highest BCUT2D eigenvalue weighted by molar-refractivity contribution is 14.1. The van der Waals surface area contributed by atoms with E-state index in [-0.39, 0.29) is 0 Å². The molecule has 0 bridgehead atoms. The van der Waals surface area contributed by atoms with Crippen LogP contribution >= 0.6 is 22.6 Å². The molecule has 0 saturated carbocycles. The number of rotatable bonds is 4. The second-order valence-corrected chi connectivity index (χ2v) is 7.19. The summed E-state index contributed by atoms with van der Waals surface area (Å²) in [6.45, 7) is 12.3. The molecule has 0 atom stereocenters. The van der Waals surface area contributed by atoms with Gasteiger partial charge in [0.05, 0.1) is 17.0 Å². The zero-order chi connectivity index (χ0) is 17.4. The number of pyridine rings is 1. The Labute approximate surface area is 156 Å². The van der Waals surface area contributed by atoms with Gasteiger partial charge in [-0.05, 0) is 68.8 Å². The van der Waals surface area contributed by atoms with Crippen molar-refractivity contribution >= 4 is 34.1 Å². The van der Waals surface area contributed by atoms with Crippen molar-refractivity contribution in [3.05, 3.63) is 38.9 Å². The van der Waals surface area contributed by atoms with Crippen LogP contribution in [-0.4, -0.2) is 32.7 Å². The Morgan fingerprint density at radius 3 is 2.46 bits per heavy atom. The average Bonchev–Trinajstić information content (AvgIpc) is 2.85. The fraction of sp³-hybridized carbons (Fsp3) is 0.389. The van der Waals surface area contributed by atoms with Gasteiger partial charge in [0, 0.05) is 34.6 Å². The van der Waals surface area contributed by atoms with Gasteiger partial charge in [-0.1, -0.05) is 0 Å². The summed E-state index contributed by atoms with van der Waals surface area (Å²) in [6.07, 6.45) is 1.90. The van der Waals surface area contributed by atoms with E-state index in [2.05, 4.69) is 65.4 Å². The molecule has 0 aliphatic heterocycles. The largest absolute Gasteiger partial charge is 0.357 e. The lowest BCUT2D eigenvalue weighted by Crippen LogP contribution is -2.25. The summed E-state index contributed by atoms with van der Waals surface area (Å²) in [4.78, 5) is 11.7. The van der Waals surface area contributed by atoms with E-state index in [1.807, 2.05) is 24.6 Å². The van der Waals surface area contributed by atoms with Crippen LogP contribution in [0.25, 0.3) is 16.9 Å². The molecule has 0 aliphatic rings. The van der Waals surface area contributed by atoms with E-state index in [0.717, 1.165) is 56.3 Å². The molecule has 3 heterocycles. The first-order valence-corrected chi connectivity index (χ1v) is 9.28. The van der Waals surface area contributed by atoms with Crippen LogP contribution in [-0.2, 0) is 0 Å². The second-order valence-electron chi connectivity index (χ2n) is 5.94. The van der Waals surface area contributed by atoms with Gasteiger partial charge >= 0.3 is 0 Å². The predicted molar refractivity (Wildman–Crippen MR) is 107 cm³/mol. The molecule has 0 fully saturated rings. The van der Waals surface area contributed by atoms with Gasteiger partial charge < -0.3 is 4.90 Å². The fourth-order valence-corrected chi connectivity index (χ4v) is 3.68. The quantitative estimate of drug-likeness (QED) is 0.578. The fourth-order valence-electron chi connectivity index (χ4n) is 3.08. The van der Waals surface area contributed by atoms with Crippen LogP contribution in [0, 0.1) is 24.3 Å². The van der Waals surface area contributed by atoms with E-state index in [9.17, 15) is 0 Å². The lowest BCUT2D eigenvalue weighted by Gasteiger charge is -2.21. The summed E-state index contributed by atoms with van der Waals surface area (Å²) in [6, 6.07) is 4.25. The molecule has 126 valence electrons. The van der Waals surface area contributed by atoms with Crippen LogP contribution in [0.4, 0.5) is 5.82 Å². The van der Waals surface area contributed by atoms with E-state index in [1.165, 1.54) is 0 Å². The van der Waals surface area contributed by atoms with Crippen molar-refractivity contribution in [1.82, 2.24) is 19.6 Å². The number of hydrogen-bond donors (Lipinski definition) is 0. The molecule has 3 aromatic heterocycles. The SMILES string of the molecule is CCN(CC)c1cc(C)nc2c(-c3ncc(I)cc3C)c(C)nn12. The minimum absolute atomic E-state index is 0.881. The Hall–Kier alpha value is -1.70. The second kappa shape index (κ2) is 6.66. The number of halogens is 1. The van der Waals surface area contributed by atoms with Gasteiger partial charge in [-0.15, -0.1) is 0 Å². The molecule has 0 spiro atoms. The van der Waals surface area contributed by atoms with Gasteiger partial charge in [0.25, 0.3) is 0 Å².